The van der Waals surface area contributed by atoms with Crippen LogP contribution in [0, 0.1) is 5.41 Å². The van der Waals surface area contributed by atoms with E-state index in [4.69, 9.17) is 9.47 Å². The molecule has 1 heterocycles. The molecule has 1 atom stereocenters. The first kappa shape index (κ1) is 21.5. The molecule has 0 saturated carbocycles. The molecule has 0 aliphatic carbocycles. The molecule has 0 bridgehead atoms. The number of halogens is 3. The fraction of sp³-hybridized carbons (Fsp3) is 0.650. The van der Waals surface area contributed by atoms with Crippen LogP contribution in [0.2, 0.25) is 0 Å². The van der Waals surface area contributed by atoms with E-state index in [-0.39, 0.29) is 19.0 Å². The van der Waals surface area contributed by atoms with Crippen molar-refractivity contribution in [2.24, 2.45) is 5.41 Å². The van der Waals surface area contributed by atoms with Gasteiger partial charge in [-0.15, -0.1) is 0 Å². The number of esters is 1. The van der Waals surface area contributed by atoms with Crippen LogP contribution in [0.4, 0.5) is 13.2 Å². The van der Waals surface area contributed by atoms with Crippen LogP contribution in [-0.2, 0) is 9.53 Å². The predicted molar refractivity (Wildman–Crippen MR) is 96.6 cm³/mol. The number of nitrogens with zero attached hydrogens (tertiary/aromatic N) is 1. The van der Waals surface area contributed by atoms with Crippen LogP contribution in [0.5, 0.6) is 5.75 Å². The fourth-order valence-electron chi connectivity index (χ4n) is 3.56. The number of carbonyl (C=O) groups excluding carboxylic acids is 1. The first-order valence-corrected chi connectivity index (χ1v) is 9.49. The SMILES string of the molecule is CCOC(=O)[C@@]1(CCOc2ccccc2)CCCN(CCCC(F)(F)F)C1. The molecule has 0 N–H and O–H groups in total. The molecule has 0 aromatic heterocycles. The van der Waals surface area contributed by atoms with E-state index < -0.39 is 18.0 Å². The van der Waals surface area contributed by atoms with Gasteiger partial charge in [0.05, 0.1) is 18.6 Å². The number of rotatable bonds is 9. The highest BCUT2D eigenvalue weighted by atomic mass is 19.4. The van der Waals surface area contributed by atoms with Gasteiger partial charge < -0.3 is 14.4 Å². The standard InChI is InChI=1S/C20H28F3NO3/c1-2-26-18(25)19(12-15-27-17-8-4-3-5-9-17)10-6-13-24(16-19)14-7-11-20(21,22)23/h3-5,8-9H,2,6-7,10-16H2,1H3/t19-/m1/s1. The van der Waals surface area contributed by atoms with Gasteiger partial charge in [0.15, 0.2) is 0 Å². The van der Waals surface area contributed by atoms with Crippen molar-refractivity contribution < 1.29 is 27.4 Å². The summed E-state index contributed by atoms with van der Waals surface area (Å²) in [5.74, 6) is 0.455. The second-order valence-corrected chi connectivity index (χ2v) is 7.01. The van der Waals surface area contributed by atoms with Gasteiger partial charge in [0.2, 0.25) is 0 Å². The Labute approximate surface area is 158 Å². The minimum absolute atomic E-state index is 0.0446. The number of hydrogen-bond donors (Lipinski definition) is 0. The van der Waals surface area contributed by atoms with Crippen molar-refractivity contribution >= 4 is 5.97 Å². The third-order valence-electron chi connectivity index (χ3n) is 4.89. The number of ether oxygens (including phenoxy) is 2. The Balaban J connectivity index is 1.96. The lowest BCUT2D eigenvalue weighted by molar-refractivity contribution is -0.161. The van der Waals surface area contributed by atoms with Crippen LogP contribution in [0.25, 0.3) is 0 Å². The van der Waals surface area contributed by atoms with Gasteiger partial charge >= 0.3 is 12.1 Å². The van der Waals surface area contributed by atoms with Gasteiger partial charge in [-0.3, -0.25) is 4.79 Å². The van der Waals surface area contributed by atoms with Crippen molar-refractivity contribution in [2.45, 2.75) is 45.2 Å². The van der Waals surface area contributed by atoms with E-state index in [9.17, 15) is 18.0 Å². The third kappa shape index (κ3) is 7.05. The normalized spacial score (nSPS) is 21.0. The Kier molecular flexibility index (Phi) is 7.95. The molecule has 4 nitrogen and oxygen atoms in total. The van der Waals surface area contributed by atoms with E-state index in [1.54, 1.807) is 6.92 Å². The molecule has 1 aliphatic rings. The second kappa shape index (κ2) is 9.97. The number of alkyl halides is 3. The Morgan fingerprint density at radius 2 is 2.00 bits per heavy atom. The van der Waals surface area contributed by atoms with Gasteiger partial charge in [-0.05, 0) is 57.8 Å². The molecule has 27 heavy (non-hydrogen) atoms. The van der Waals surface area contributed by atoms with Gasteiger partial charge in [0.25, 0.3) is 0 Å². The zero-order chi connectivity index (χ0) is 19.8. The van der Waals surface area contributed by atoms with Gasteiger partial charge in [-0.25, -0.2) is 0 Å². The number of piperidine rings is 1. The summed E-state index contributed by atoms with van der Waals surface area (Å²) in [5.41, 5.74) is -0.721. The van der Waals surface area contributed by atoms with E-state index in [0.717, 1.165) is 12.2 Å². The first-order valence-electron chi connectivity index (χ1n) is 9.49. The molecular formula is C20H28F3NO3. The summed E-state index contributed by atoms with van der Waals surface area (Å²) in [5, 5.41) is 0. The molecule has 0 radical (unpaired) electrons. The van der Waals surface area contributed by atoms with Gasteiger partial charge in [0, 0.05) is 13.0 Å². The average molecular weight is 387 g/mol. The lowest BCUT2D eigenvalue weighted by Crippen LogP contribution is -2.49. The Morgan fingerprint density at radius 3 is 2.67 bits per heavy atom. The van der Waals surface area contributed by atoms with Crippen molar-refractivity contribution in [3.05, 3.63) is 30.3 Å². The maximum atomic E-state index is 12.7. The highest BCUT2D eigenvalue weighted by molar-refractivity contribution is 5.77. The second-order valence-electron chi connectivity index (χ2n) is 7.01. The van der Waals surface area contributed by atoms with Crippen LogP contribution in [0.1, 0.15) is 39.0 Å². The summed E-state index contributed by atoms with van der Waals surface area (Å²) in [7, 11) is 0. The highest BCUT2D eigenvalue weighted by Crippen LogP contribution is 2.35. The lowest BCUT2D eigenvalue weighted by Gasteiger charge is -2.41. The molecule has 1 fully saturated rings. The summed E-state index contributed by atoms with van der Waals surface area (Å²) in [4.78, 5) is 14.6. The van der Waals surface area contributed by atoms with Crippen LogP contribution in [-0.4, -0.2) is 49.9 Å². The minimum Gasteiger partial charge on any atom is -0.494 e. The van der Waals surface area contributed by atoms with Gasteiger partial charge in [-0.2, -0.15) is 13.2 Å². The monoisotopic (exact) mass is 387 g/mol. The van der Waals surface area contributed by atoms with Crippen molar-refractivity contribution in [2.75, 3.05) is 32.8 Å². The average Bonchev–Trinajstić information content (AvgIpc) is 2.62. The van der Waals surface area contributed by atoms with E-state index in [2.05, 4.69) is 0 Å². The van der Waals surface area contributed by atoms with Gasteiger partial charge in [-0.1, -0.05) is 18.2 Å². The van der Waals surface area contributed by atoms with Crippen molar-refractivity contribution in [3.63, 3.8) is 0 Å². The molecule has 0 amide bonds. The van der Waals surface area contributed by atoms with Crippen molar-refractivity contribution in [1.29, 1.82) is 0 Å². The zero-order valence-electron chi connectivity index (χ0n) is 15.8. The number of benzene rings is 1. The fourth-order valence-corrected chi connectivity index (χ4v) is 3.56. The number of para-hydroxylation sites is 1. The molecule has 1 aromatic carbocycles. The molecule has 1 saturated heterocycles. The maximum absolute atomic E-state index is 12.7. The molecule has 152 valence electrons. The van der Waals surface area contributed by atoms with Crippen LogP contribution in [0.15, 0.2) is 30.3 Å². The third-order valence-corrected chi connectivity index (χ3v) is 4.89. The Morgan fingerprint density at radius 1 is 1.26 bits per heavy atom. The summed E-state index contributed by atoms with van der Waals surface area (Å²) < 4.78 is 48.3. The zero-order valence-corrected chi connectivity index (χ0v) is 15.8. The maximum Gasteiger partial charge on any atom is 0.389 e. The molecule has 7 heteroatoms. The first-order chi connectivity index (χ1) is 12.8. The van der Waals surface area contributed by atoms with Crippen LogP contribution < -0.4 is 4.74 Å². The molecule has 2 rings (SSSR count). The van der Waals surface area contributed by atoms with E-state index in [1.165, 1.54) is 0 Å². The number of hydrogen-bond acceptors (Lipinski definition) is 4. The summed E-state index contributed by atoms with van der Waals surface area (Å²) in [6.45, 7) is 3.87. The van der Waals surface area contributed by atoms with Crippen molar-refractivity contribution in [1.82, 2.24) is 4.90 Å². The lowest BCUT2D eigenvalue weighted by atomic mass is 9.77. The number of likely N-dealkylation sites (tertiary alicyclic amines) is 1. The molecule has 1 aliphatic heterocycles. The summed E-state index contributed by atoms with van der Waals surface area (Å²) >= 11 is 0. The smallest absolute Gasteiger partial charge is 0.389 e. The Bertz CT molecular complexity index is 580. The van der Waals surface area contributed by atoms with Crippen molar-refractivity contribution in [3.8, 4) is 5.75 Å². The quantitative estimate of drug-likeness (QED) is 0.587. The largest absolute Gasteiger partial charge is 0.494 e. The van der Waals surface area contributed by atoms with Crippen LogP contribution >= 0.6 is 0 Å². The highest BCUT2D eigenvalue weighted by Gasteiger charge is 2.43. The minimum atomic E-state index is -4.14. The molecular weight excluding hydrogens is 359 g/mol. The van der Waals surface area contributed by atoms with E-state index in [1.807, 2.05) is 35.2 Å². The van der Waals surface area contributed by atoms with Crippen LogP contribution in [0.3, 0.4) is 0 Å². The number of carbonyl (C=O) groups is 1. The van der Waals surface area contributed by atoms with E-state index in [0.29, 0.717) is 39.1 Å². The Hall–Kier alpha value is -1.76. The van der Waals surface area contributed by atoms with Gasteiger partial charge in [0.1, 0.15) is 5.75 Å². The summed E-state index contributed by atoms with van der Waals surface area (Å²) in [6.07, 6.45) is -2.99. The molecule has 0 spiro atoms. The molecule has 0 unspecified atom stereocenters. The topological polar surface area (TPSA) is 38.8 Å². The predicted octanol–water partition coefficient (Wildman–Crippen LogP) is 4.44. The molecule has 1 aromatic rings. The summed E-state index contributed by atoms with van der Waals surface area (Å²) in [6, 6.07) is 9.34. The van der Waals surface area contributed by atoms with E-state index >= 15 is 0 Å².